The fraction of sp³-hybridized carbons (Fsp3) is 0.235. The predicted octanol–water partition coefficient (Wildman–Crippen LogP) is 4.17. The quantitative estimate of drug-likeness (QED) is 0.604. The monoisotopic (exact) mass is 254 g/mol. The topological polar surface area (TPSA) is 26.3 Å². The molecule has 0 saturated heterocycles. The molecule has 0 atom stereocenters. The zero-order chi connectivity index (χ0) is 13.7. The van der Waals surface area contributed by atoms with Gasteiger partial charge in [-0.1, -0.05) is 43.7 Å². The predicted molar refractivity (Wildman–Crippen MR) is 76.6 cm³/mol. The lowest BCUT2D eigenvalue weighted by atomic mass is 9.98. The first-order valence-corrected chi connectivity index (χ1v) is 6.58. The van der Waals surface area contributed by atoms with E-state index in [4.69, 9.17) is 4.74 Å². The summed E-state index contributed by atoms with van der Waals surface area (Å²) in [5.41, 5.74) is 2.90. The largest absolute Gasteiger partial charge is 0.423 e. The minimum atomic E-state index is -0.279. The first-order chi connectivity index (χ1) is 9.22. The van der Waals surface area contributed by atoms with Gasteiger partial charge in [0.2, 0.25) is 0 Å². The van der Waals surface area contributed by atoms with E-state index in [0.29, 0.717) is 11.3 Å². The Balaban J connectivity index is 2.26. The third kappa shape index (κ3) is 3.22. The number of carbonyl (C=O) groups is 1. The Morgan fingerprint density at radius 1 is 1.05 bits per heavy atom. The van der Waals surface area contributed by atoms with Crippen LogP contribution in [0.1, 0.15) is 34.8 Å². The summed E-state index contributed by atoms with van der Waals surface area (Å²) in [5.74, 6) is 0.301. The lowest BCUT2D eigenvalue weighted by molar-refractivity contribution is 0.0733. The van der Waals surface area contributed by atoms with Gasteiger partial charge in [0.1, 0.15) is 5.75 Å². The maximum absolute atomic E-state index is 12.2. The minimum Gasteiger partial charge on any atom is -0.423 e. The van der Waals surface area contributed by atoms with Crippen LogP contribution in [-0.4, -0.2) is 5.97 Å². The van der Waals surface area contributed by atoms with Crippen molar-refractivity contribution in [2.75, 3.05) is 0 Å². The van der Waals surface area contributed by atoms with Crippen molar-refractivity contribution in [3.05, 3.63) is 65.2 Å². The molecule has 0 saturated carbocycles. The van der Waals surface area contributed by atoms with Gasteiger partial charge < -0.3 is 4.74 Å². The first-order valence-electron chi connectivity index (χ1n) is 6.58. The molecule has 0 aliphatic rings. The second-order valence-electron chi connectivity index (χ2n) is 4.55. The van der Waals surface area contributed by atoms with Crippen LogP contribution in [0, 0.1) is 6.92 Å². The lowest BCUT2D eigenvalue weighted by Crippen LogP contribution is -2.12. The van der Waals surface area contributed by atoms with Crippen molar-refractivity contribution in [1.29, 1.82) is 0 Å². The molecule has 0 amide bonds. The molecular weight excluding hydrogens is 236 g/mol. The number of carbonyl (C=O) groups excluding carboxylic acids is 1. The second-order valence-corrected chi connectivity index (χ2v) is 4.55. The molecule has 0 aliphatic heterocycles. The van der Waals surface area contributed by atoms with Crippen molar-refractivity contribution < 1.29 is 9.53 Å². The maximum atomic E-state index is 12.2. The van der Waals surface area contributed by atoms with Gasteiger partial charge in [-0.2, -0.15) is 0 Å². The number of rotatable bonds is 4. The van der Waals surface area contributed by atoms with Crippen molar-refractivity contribution in [2.45, 2.75) is 26.7 Å². The molecule has 0 radical (unpaired) electrons. The van der Waals surface area contributed by atoms with E-state index < -0.39 is 0 Å². The van der Waals surface area contributed by atoms with Crippen molar-refractivity contribution in [3.63, 3.8) is 0 Å². The second kappa shape index (κ2) is 6.19. The average Bonchev–Trinajstić information content (AvgIpc) is 2.42. The van der Waals surface area contributed by atoms with Gasteiger partial charge in [0.25, 0.3) is 0 Å². The zero-order valence-corrected chi connectivity index (χ0v) is 11.3. The summed E-state index contributed by atoms with van der Waals surface area (Å²) < 4.78 is 5.40. The molecule has 0 heterocycles. The number of esters is 1. The third-order valence-electron chi connectivity index (χ3n) is 3.08. The van der Waals surface area contributed by atoms with E-state index in [2.05, 4.69) is 6.92 Å². The van der Waals surface area contributed by atoms with Gasteiger partial charge in [0.05, 0.1) is 5.56 Å². The van der Waals surface area contributed by atoms with Crippen molar-refractivity contribution in [2.24, 2.45) is 0 Å². The number of aryl methyl sites for hydroxylation is 1. The summed E-state index contributed by atoms with van der Waals surface area (Å²) in [7, 11) is 0. The maximum Gasteiger partial charge on any atom is 0.343 e. The highest BCUT2D eigenvalue weighted by Crippen LogP contribution is 2.19. The zero-order valence-electron chi connectivity index (χ0n) is 11.3. The molecule has 0 spiro atoms. The molecule has 0 aromatic heterocycles. The molecule has 2 aromatic carbocycles. The van der Waals surface area contributed by atoms with Crippen LogP contribution in [0.3, 0.4) is 0 Å². The molecule has 19 heavy (non-hydrogen) atoms. The van der Waals surface area contributed by atoms with Crippen LogP contribution in [0.15, 0.2) is 48.5 Å². The van der Waals surface area contributed by atoms with Crippen LogP contribution in [0.25, 0.3) is 0 Å². The molecule has 2 aromatic rings. The van der Waals surface area contributed by atoms with E-state index in [1.807, 2.05) is 43.3 Å². The van der Waals surface area contributed by atoms with Crippen LogP contribution in [0.5, 0.6) is 5.75 Å². The van der Waals surface area contributed by atoms with E-state index in [9.17, 15) is 4.79 Å². The fourth-order valence-corrected chi connectivity index (χ4v) is 2.13. The molecule has 0 fully saturated rings. The summed E-state index contributed by atoms with van der Waals surface area (Å²) in [5, 5.41) is 0. The summed E-state index contributed by atoms with van der Waals surface area (Å²) in [6, 6.07) is 14.9. The molecule has 0 N–H and O–H groups in total. The minimum absolute atomic E-state index is 0.279. The number of hydrogen-bond acceptors (Lipinski definition) is 2. The molecule has 2 nitrogen and oxygen atoms in total. The van der Waals surface area contributed by atoms with Crippen LogP contribution in [0.4, 0.5) is 0 Å². The van der Waals surface area contributed by atoms with Crippen LogP contribution >= 0.6 is 0 Å². The Kier molecular flexibility index (Phi) is 4.35. The normalized spacial score (nSPS) is 10.2. The van der Waals surface area contributed by atoms with E-state index in [1.165, 1.54) is 0 Å². The molecular formula is C17H18O2. The van der Waals surface area contributed by atoms with E-state index in [0.717, 1.165) is 24.0 Å². The Morgan fingerprint density at radius 3 is 2.47 bits per heavy atom. The van der Waals surface area contributed by atoms with Gasteiger partial charge >= 0.3 is 5.97 Å². The smallest absolute Gasteiger partial charge is 0.343 e. The van der Waals surface area contributed by atoms with Gasteiger partial charge in [0, 0.05) is 0 Å². The Bertz CT molecular complexity index is 559. The van der Waals surface area contributed by atoms with E-state index >= 15 is 0 Å². The molecule has 98 valence electrons. The van der Waals surface area contributed by atoms with Crippen molar-refractivity contribution >= 4 is 5.97 Å². The highest BCUT2D eigenvalue weighted by atomic mass is 16.5. The molecule has 0 unspecified atom stereocenters. The number of hydrogen-bond donors (Lipinski definition) is 0. The van der Waals surface area contributed by atoms with Gasteiger partial charge in [-0.05, 0) is 42.7 Å². The molecule has 0 aliphatic carbocycles. The summed E-state index contributed by atoms with van der Waals surface area (Å²) in [6.07, 6.45) is 1.91. The summed E-state index contributed by atoms with van der Waals surface area (Å²) in [6.45, 7) is 4.14. The SMILES string of the molecule is CCCc1c(C)cccc1C(=O)Oc1ccccc1. The highest BCUT2D eigenvalue weighted by molar-refractivity contribution is 5.93. The van der Waals surface area contributed by atoms with E-state index in [1.54, 1.807) is 12.1 Å². The summed E-state index contributed by atoms with van der Waals surface area (Å²) in [4.78, 5) is 12.2. The fourth-order valence-electron chi connectivity index (χ4n) is 2.13. The Morgan fingerprint density at radius 2 is 1.79 bits per heavy atom. The van der Waals surface area contributed by atoms with Crippen molar-refractivity contribution in [3.8, 4) is 5.75 Å². The van der Waals surface area contributed by atoms with Gasteiger partial charge in [-0.15, -0.1) is 0 Å². The first kappa shape index (κ1) is 13.3. The van der Waals surface area contributed by atoms with Crippen molar-refractivity contribution in [1.82, 2.24) is 0 Å². The molecule has 2 heteroatoms. The van der Waals surface area contributed by atoms with E-state index in [-0.39, 0.29) is 5.97 Å². The third-order valence-corrected chi connectivity index (χ3v) is 3.08. The number of para-hydroxylation sites is 1. The Labute approximate surface area is 114 Å². The average molecular weight is 254 g/mol. The number of benzene rings is 2. The summed E-state index contributed by atoms with van der Waals surface area (Å²) >= 11 is 0. The van der Waals surface area contributed by atoms with Gasteiger partial charge in [-0.25, -0.2) is 4.79 Å². The van der Waals surface area contributed by atoms with Crippen LogP contribution in [-0.2, 0) is 6.42 Å². The lowest BCUT2D eigenvalue weighted by Gasteiger charge is -2.11. The van der Waals surface area contributed by atoms with Crippen LogP contribution in [0.2, 0.25) is 0 Å². The molecule has 0 bridgehead atoms. The van der Waals surface area contributed by atoms with Crippen LogP contribution < -0.4 is 4.74 Å². The van der Waals surface area contributed by atoms with Gasteiger partial charge in [0.15, 0.2) is 0 Å². The Hall–Kier alpha value is -2.09. The molecule has 2 rings (SSSR count). The van der Waals surface area contributed by atoms with Gasteiger partial charge in [-0.3, -0.25) is 0 Å². The highest BCUT2D eigenvalue weighted by Gasteiger charge is 2.14. The standard InChI is InChI=1S/C17H18O2/c1-3-8-15-13(2)9-7-12-16(15)17(18)19-14-10-5-4-6-11-14/h4-7,9-12H,3,8H2,1-2H3. The number of ether oxygens (including phenoxy) is 1.